The summed E-state index contributed by atoms with van der Waals surface area (Å²) in [5.41, 5.74) is 3.38. The second-order valence-corrected chi connectivity index (χ2v) is 6.08. The second kappa shape index (κ2) is 6.71. The van der Waals surface area contributed by atoms with E-state index in [4.69, 9.17) is 0 Å². The molecule has 3 aromatic rings. The van der Waals surface area contributed by atoms with E-state index in [0.29, 0.717) is 10.7 Å². The van der Waals surface area contributed by atoms with Gasteiger partial charge in [-0.25, -0.2) is 9.37 Å². The van der Waals surface area contributed by atoms with Crippen molar-refractivity contribution in [3.8, 4) is 11.3 Å². The summed E-state index contributed by atoms with van der Waals surface area (Å²) in [6.07, 6.45) is -0.00782. The molecule has 0 spiro atoms. The minimum Gasteiger partial charge on any atom is -0.302 e. The Hall–Kier alpha value is -2.53. The van der Waals surface area contributed by atoms with Gasteiger partial charge in [-0.3, -0.25) is 4.79 Å². The van der Waals surface area contributed by atoms with Gasteiger partial charge in [0.15, 0.2) is 5.13 Å². The van der Waals surface area contributed by atoms with Crippen LogP contribution in [-0.2, 0) is 11.2 Å². The summed E-state index contributed by atoms with van der Waals surface area (Å²) < 4.78 is 13.6. The number of rotatable bonds is 4. The number of hydrogen-bond donors (Lipinski definition) is 1. The molecule has 0 fully saturated rings. The molecule has 0 saturated heterocycles. The molecule has 1 amide bonds. The van der Waals surface area contributed by atoms with Crippen LogP contribution in [0.2, 0.25) is 0 Å². The first-order valence-electron chi connectivity index (χ1n) is 7.17. The molecule has 2 aromatic carbocycles. The van der Waals surface area contributed by atoms with Gasteiger partial charge >= 0.3 is 0 Å². The van der Waals surface area contributed by atoms with Crippen molar-refractivity contribution in [2.45, 2.75) is 13.3 Å². The van der Waals surface area contributed by atoms with Crippen molar-refractivity contribution in [3.63, 3.8) is 0 Å². The maximum atomic E-state index is 13.6. The van der Waals surface area contributed by atoms with Crippen molar-refractivity contribution >= 4 is 22.4 Å². The number of aryl methyl sites for hydroxylation is 1. The Morgan fingerprint density at radius 3 is 2.65 bits per heavy atom. The summed E-state index contributed by atoms with van der Waals surface area (Å²) in [6, 6.07) is 14.3. The lowest BCUT2D eigenvalue weighted by Gasteiger charge is -2.03. The molecule has 0 aliphatic heterocycles. The lowest BCUT2D eigenvalue weighted by atomic mass is 10.1. The Bertz CT molecular complexity index is 827. The minimum atomic E-state index is -0.373. The maximum Gasteiger partial charge on any atom is 0.230 e. The molecule has 0 unspecified atom stereocenters. The van der Waals surface area contributed by atoms with E-state index in [9.17, 15) is 9.18 Å². The van der Waals surface area contributed by atoms with Gasteiger partial charge in [0.1, 0.15) is 5.82 Å². The fourth-order valence-electron chi connectivity index (χ4n) is 2.17. The number of nitrogens with one attached hydrogen (secondary N) is 1. The first-order valence-corrected chi connectivity index (χ1v) is 8.05. The van der Waals surface area contributed by atoms with E-state index in [2.05, 4.69) is 10.3 Å². The van der Waals surface area contributed by atoms with Crippen molar-refractivity contribution < 1.29 is 9.18 Å². The number of carbonyl (C=O) groups is 1. The van der Waals surface area contributed by atoms with Crippen molar-refractivity contribution in [2.24, 2.45) is 0 Å². The predicted molar refractivity (Wildman–Crippen MR) is 91.0 cm³/mol. The van der Waals surface area contributed by atoms with Crippen molar-refractivity contribution in [3.05, 3.63) is 70.9 Å². The Morgan fingerprint density at radius 1 is 1.17 bits per heavy atom. The van der Waals surface area contributed by atoms with Gasteiger partial charge in [0.2, 0.25) is 5.91 Å². The summed E-state index contributed by atoms with van der Waals surface area (Å²) in [5.74, 6) is -0.651. The van der Waals surface area contributed by atoms with Crippen LogP contribution < -0.4 is 5.32 Å². The first kappa shape index (κ1) is 15.4. The van der Waals surface area contributed by atoms with Gasteiger partial charge in [-0.2, -0.15) is 0 Å². The average molecular weight is 326 g/mol. The molecule has 0 saturated carbocycles. The van der Waals surface area contributed by atoms with Crippen molar-refractivity contribution in [2.75, 3.05) is 5.32 Å². The third kappa shape index (κ3) is 3.81. The fraction of sp³-hybridized carbons (Fsp3) is 0.111. The van der Waals surface area contributed by atoms with Crippen molar-refractivity contribution in [1.29, 1.82) is 0 Å². The van der Waals surface area contributed by atoms with E-state index in [1.807, 2.05) is 36.6 Å². The quantitative estimate of drug-likeness (QED) is 0.770. The SMILES string of the molecule is Cc1ccc(-c2csc(NC(=O)Cc3ccccc3F)n2)cc1. The van der Waals surface area contributed by atoms with Crippen LogP contribution in [0.3, 0.4) is 0 Å². The van der Waals surface area contributed by atoms with Crippen molar-refractivity contribution in [1.82, 2.24) is 4.98 Å². The van der Waals surface area contributed by atoms with E-state index < -0.39 is 0 Å². The number of amides is 1. The van der Waals surface area contributed by atoms with E-state index in [1.54, 1.807) is 18.2 Å². The summed E-state index contributed by atoms with van der Waals surface area (Å²) in [7, 11) is 0. The van der Waals surface area contributed by atoms with Crippen LogP contribution in [0.1, 0.15) is 11.1 Å². The molecular formula is C18H15FN2OS. The standard InChI is InChI=1S/C18H15FN2OS/c1-12-6-8-13(9-7-12)16-11-23-18(20-16)21-17(22)10-14-4-2-3-5-15(14)19/h2-9,11H,10H2,1H3,(H,20,21,22). The molecule has 0 aliphatic carbocycles. The number of thiazole rings is 1. The van der Waals surface area contributed by atoms with Crippen LogP contribution in [0.15, 0.2) is 53.9 Å². The van der Waals surface area contributed by atoms with Gasteiger partial charge in [-0.15, -0.1) is 11.3 Å². The highest BCUT2D eigenvalue weighted by Crippen LogP contribution is 2.25. The van der Waals surface area contributed by atoms with E-state index >= 15 is 0 Å². The number of hydrogen-bond acceptors (Lipinski definition) is 3. The fourth-order valence-corrected chi connectivity index (χ4v) is 2.90. The smallest absolute Gasteiger partial charge is 0.230 e. The topological polar surface area (TPSA) is 42.0 Å². The Labute approximate surface area is 137 Å². The molecule has 116 valence electrons. The molecular weight excluding hydrogens is 311 g/mol. The molecule has 0 aliphatic rings. The number of benzene rings is 2. The highest BCUT2D eigenvalue weighted by molar-refractivity contribution is 7.14. The van der Waals surface area contributed by atoms with Crippen LogP contribution in [0.25, 0.3) is 11.3 Å². The molecule has 0 atom stereocenters. The van der Waals surface area contributed by atoms with Crippen LogP contribution in [-0.4, -0.2) is 10.9 Å². The summed E-state index contributed by atoms with van der Waals surface area (Å²) in [6.45, 7) is 2.03. The van der Waals surface area contributed by atoms with Gasteiger partial charge in [0.05, 0.1) is 12.1 Å². The van der Waals surface area contributed by atoms with Gasteiger partial charge in [-0.05, 0) is 18.6 Å². The molecule has 3 nitrogen and oxygen atoms in total. The number of anilines is 1. The van der Waals surface area contributed by atoms with Gasteiger partial charge in [0, 0.05) is 10.9 Å². The number of halogens is 1. The molecule has 1 N–H and O–H groups in total. The highest BCUT2D eigenvalue weighted by Gasteiger charge is 2.10. The summed E-state index contributed by atoms with van der Waals surface area (Å²) >= 11 is 1.35. The molecule has 23 heavy (non-hydrogen) atoms. The Morgan fingerprint density at radius 2 is 1.91 bits per heavy atom. The summed E-state index contributed by atoms with van der Waals surface area (Å²) in [5, 5.41) is 5.13. The first-order chi connectivity index (χ1) is 11.1. The molecule has 1 heterocycles. The molecule has 3 rings (SSSR count). The Balaban J connectivity index is 1.68. The number of nitrogens with zero attached hydrogens (tertiary/aromatic N) is 1. The monoisotopic (exact) mass is 326 g/mol. The van der Waals surface area contributed by atoms with Crippen LogP contribution in [0.4, 0.5) is 9.52 Å². The molecule has 0 radical (unpaired) electrons. The van der Waals surface area contributed by atoms with Crippen LogP contribution in [0.5, 0.6) is 0 Å². The normalized spacial score (nSPS) is 10.5. The van der Waals surface area contributed by atoms with Crippen LogP contribution >= 0.6 is 11.3 Å². The Kier molecular flexibility index (Phi) is 4.48. The largest absolute Gasteiger partial charge is 0.302 e. The zero-order valence-corrected chi connectivity index (χ0v) is 13.4. The zero-order valence-electron chi connectivity index (χ0n) is 12.5. The molecule has 1 aromatic heterocycles. The predicted octanol–water partition coefficient (Wildman–Crippen LogP) is 4.44. The number of carbonyl (C=O) groups excluding carboxylic acids is 1. The number of aromatic nitrogens is 1. The molecule has 0 bridgehead atoms. The third-order valence-electron chi connectivity index (χ3n) is 3.41. The third-order valence-corrected chi connectivity index (χ3v) is 4.16. The zero-order chi connectivity index (χ0) is 16.2. The molecule has 5 heteroatoms. The van der Waals surface area contributed by atoms with Gasteiger partial charge in [-0.1, -0.05) is 48.0 Å². The highest BCUT2D eigenvalue weighted by atomic mass is 32.1. The van der Waals surface area contributed by atoms with E-state index in [-0.39, 0.29) is 18.1 Å². The van der Waals surface area contributed by atoms with E-state index in [1.165, 1.54) is 23.0 Å². The summed E-state index contributed by atoms with van der Waals surface area (Å²) in [4.78, 5) is 16.4. The van der Waals surface area contributed by atoms with Gasteiger partial charge < -0.3 is 5.32 Å². The van der Waals surface area contributed by atoms with E-state index in [0.717, 1.165) is 11.3 Å². The van der Waals surface area contributed by atoms with Crippen LogP contribution in [0, 0.1) is 12.7 Å². The lowest BCUT2D eigenvalue weighted by Crippen LogP contribution is -2.15. The maximum absolute atomic E-state index is 13.6. The minimum absolute atomic E-state index is 0.00782. The second-order valence-electron chi connectivity index (χ2n) is 5.22. The van der Waals surface area contributed by atoms with Gasteiger partial charge in [0.25, 0.3) is 0 Å². The lowest BCUT2D eigenvalue weighted by molar-refractivity contribution is -0.115. The average Bonchev–Trinajstić information content (AvgIpc) is 2.98.